The fourth-order valence-corrected chi connectivity index (χ4v) is 2.58. The summed E-state index contributed by atoms with van der Waals surface area (Å²) < 4.78 is 40.5. The van der Waals surface area contributed by atoms with Crippen LogP contribution >= 0.6 is 0 Å². The molecule has 3 rings (SSSR count). The first kappa shape index (κ1) is 15.4. The Morgan fingerprint density at radius 3 is 2.17 bits per heavy atom. The normalized spacial score (nSPS) is 13.0. The van der Waals surface area contributed by atoms with Crippen molar-refractivity contribution >= 4 is 10.8 Å². The lowest BCUT2D eigenvalue weighted by atomic mass is 9.94. The fraction of sp³-hybridized carbons (Fsp3) is 0.111. The molecule has 0 aromatic heterocycles. The fourth-order valence-electron chi connectivity index (χ4n) is 2.58. The topological polar surface area (TPSA) is 35.2 Å². The molecule has 23 heavy (non-hydrogen) atoms. The first-order chi connectivity index (χ1) is 10.9. The molecular formula is C18H14F3NO. The third-order valence-corrected chi connectivity index (χ3v) is 3.63. The van der Waals surface area contributed by atoms with Gasteiger partial charge in [-0.25, -0.2) is 0 Å². The Balaban J connectivity index is 1.92. The van der Waals surface area contributed by atoms with Crippen LogP contribution in [0.15, 0.2) is 66.7 Å². The van der Waals surface area contributed by atoms with Crippen LogP contribution in [0.3, 0.4) is 0 Å². The molecule has 3 aromatic carbocycles. The molecule has 0 fully saturated rings. The van der Waals surface area contributed by atoms with Crippen LogP contribution in [0, 0.1) is 0 Å². The number of benzene rings is 3. The van der Waals surface area contributed by atoms with Crippen molar-refractivity contribution < 1.29 is 17.9 Å². The van der Waals surface area contributed by atoms with Crippen molar-refractivity contribution in [3.05, 3.63) is 77.9 Å². The molecule has 3 aromatic rings. The maximum atomic E-state index is 12.2. The summed E-state index contributed by atoms with van der Waals surface area (Å²) in [7, 11) is 0. The van der Waals surface area contributed by atoms with Gasteiger partial charge in [-0.1, -0.05) is 54.6 Å². The smallest absolute Gasteiger partial charge is 0.406 e. The van der Waals surface area contributed by atoms with Crippen molar-refractivity contribution in [1.29, 1.82) is 0 Å². The molecule has 0 aliphatic rings. The summed E-state index contributed by atoms with van der Waals surface area (Å²) in [6.07, 6.45) is -4.70. The summed E-state index contributed by atoms with van der Waals surface area (Å²) in [6.45, 7) is 0. The monoisotopic (exact) mass is 317 g/mol. The van der Waals surface area contributed by atoms with Crippen LogP contribution in [-0.2, 0) is 0 Å². The largest absolute Gasteiger partial charge is 0.573 e. The highest BCUT2D eigenvalue weighted by molar-refractivity contribution is 5.86. The Kier molecular flexibility index (Phi) is 3.96. The van der Waals surface area contributed by atoms with Gasteiger partial charge in [0.1, 0.15) is 5.75 Å². The summed E-state index contributed by atoms with van der Waals surface area (Å²) in [5, 5.41) is 2.09. The van der Waals surface area contributed by atoms with Gasteiger partial charge in [0, 0.05) is 0 Å². The lowest BCUT2D eigenvalue weighted by Crippen LogP contribution is -2.17. The van der Waals surface area contributed by atoms with E-state index in [1.807, 2.05) is 42.5 Å². The minimum Gasteiger partial charge on any atom is -0.406 e. The molecule has 0 aliphatic carbocycles. The van der Waals surface area contributed by atoms with E-state index in [9.17, 15) is 13.2 Å². The number of fused-ring (bicyclic) bond motifs is 1. The standard InChI is InChI=1S/C18H14F3NO/c19-18(20,21)23-14-10-8-13(9-11-14)17(22)16-7-3-5-12-4-1-2-6-15(12)16/h1-11,17H,22H2/t17-/m0/s1. The number of ether oxygens (including phenoxy) is 1. The minimum atomic E-state index is -4.70. The van der Waals surface area contributed by atoms with Crippen molar-refractivity contribution in [1.82, 2.24) is 0 Å². The number of halogens is 3. The van der Waals surface area contributed by atoms with Gasteiger partial charge in [0.25, 0.3) is 0 Å². The number of alkyl halides is 3. The Morgan fingerprint density at radius 2 is 1.48 bits per heavy atom. The highest BCUT2D eigenvalue weighted by Crippen LogP contribution is 2.29. The van der Waals surface area contributed by atoms with Crippen LogP contribution in [0.1, 0.15) is 17.2 Å². The lowest BCUT2D eigenvalue weighted by molar-refractivity contribution is -0.274. The van der Waals surface area contributed by atoms with Gasteiger partial charge in [-0.3, -0.25) is 0 Å². The van der Waals surface area contributed by atoms with Crippen LogP contribution in [0.25, 0.3) is 10.8 Å². The van der Waals surface area contributed by atoms with E-state index in [0.29, 0.717) is 0 Å². The quantitative estimate of drug-likeness (QED) is 0.754. The van der Waals surface area contributed by atoms with Crippen molar-refractivity contribution in [2.75, 3.05) is 0 Å². The maximum absolute atomic E-state index is 12.2. The van der Waals surface area contributed by atoms with Crippen LogP contribution < -0.4 is 10.5 Å². The second-order valence-corrected chi connectivity index (χ2v) is 5.16. The highest BCUT2D eigenvalue weighted by Gasteiger charge is 2.31. The average molecular weight is 317 g/mol. The van der Waals surface area contributed by atoms with Crippen molar-refractivity contribution in [3.8, 4) is 5.75 Å². The van der Waals surface area contributed by atoms with E-state index < -0.39 is 12.4 Å². The summed E-state index contributed by atoms with van der Waals surface area (Å²) in [4.78, 5) is 0. The van der Waals surface area contributed by atoms with E-state index in [1.165, 1.54) is 12.1 Å². The van der Waals surface area contributed by atoms with Crippen molar-refractivity contribution in [3.63, 3.8) is 0 Å². The number of nitrogens with two attached hydrogens (primary N) is 1. The zero-order chi connectivity index (χ0) is 16.4. The average Bonchev–Trinajstić information content (AvgIpc) is 2.53. The zero-order valence-electron chi connectivity index (χ0n) is 12.0. The Morgan fingerprint density at radius 1 is 0.826 bits per heavy atom. The summed E-state index contributed by atoms with van der Waals surface area (Å²) in [5.74, 6) is -0.258. The molecule has 5 heteroatoms. The first-order valence-electron chi connectivity index (χ1n) is 7.03. The zero-order valence-corrected chi connectivity index (χ0v) is 12.0. The molecule has 0 spiro atoms. The third-order valence-electron chi connectivity index (χ3n) is 3.63. The molecule has 0 saturated heterocycles. The second-order valence-electron chi connectivity index (χ2n) is 5.16. The Bertz CT molecular complexity index is 807. The van der Waals surface area contributed by atoms with Gasteiger partial charge >= 0.3 is 6.36 Å². The molecule has 0 saturated carbocycles. The molecule has 0 aliphatic heterocycles. The number of hydrogen-bond acceptors (Lipinski definition) is 2. The summed E-state index contributed by atoms with van der Waals surface area (Å²) in [6, 6.07) is 18.9. The number of rotatable bonds is 3. The Hall–Kier alpha value is -2.53. The van der Waals surface area contributed by atoms with E-state index in [4.69, 9.17) is 5.73 Å². The molecule has 0 bridgehead atoms. The second kappa shape index (κ2) is 5.93. The molecule has 118 valence electrons. The van der Waals surface area contributed by atoms with Gasteiger partial charge in [0.2, 0.25) is 0 Å². The molecule has 0 amide bonds. The molecular weight excluding hydrogens is 303 g/mol. The SMILES string of the molecule is N[C@@H](c1ccc(OC(F)(F)F)cc1)c1cccc2ccccc12. The minimum absolute atomic E-state index is 0.258. The van der Waals surface area contributed by atoms with E-state index in [1.54, 1.807) is 12.1 Å². The summed E-state index contributed by atoms with van der Waals surface area (Å²) >= 11 is 0. The van der Waals surface area contributed by atoms with Crippen LogP contribution in [-0.4, -0.2) is 6.36 Å². The number of hydrogen-bond donors (Lipinski definition) is 1. The van der Waals surface area contributed by atoms with Crippen LogP contribution in [0.4, 0.5) is 13.2 Å². The van der Waals surface area contributed by atoms with Gasteiger partial charge in [0.15, 0.2) is 0 Å². The van der Waals surface area contributed by atoms with Gasteiger partial charge < -0.3 is 10.5 Å². The van der Waals surface area contributed by atoms with Gasteiger partial charge in [0.05, 0.1) is 6.04 Å². The van der Waals surface area contributed by atoms with E-state index in [-0.39, 0.29) is 5.75 Å². The molecule has 0 heterocycles. The molecule has 0 unspecified atom stereocenters. The van der Waals surface area contributed by atoms with Crippen LogP contribution in [0.5, 0.6) is 5.75 Å². The molecule has 2 nitrogen and oxygen atoms in total. The molecule has 2 N–H and O–H groups in total. The van der Waals surface area contributed by atoms with E-state index in [2.05, 4.69) is 4.74 Å². The van der Waals surface area contributed by atoms with E-state index >= 15 is 0 Å². The van der Waals surface area contributed by atoms with Gasteiger partial charge in [-0.2, -0.15) is 0 Å². The molecule has 1 atom stereocenters. The Labute approximate surface area is 131 Å². The van der Waals surface area contributed by atoms with Gasteiger partial charge in [-0.05, 0) is 34.0 Å². The predicted octanol–water partition coefficient (Wildman–Crippen LogP) is 4.79. The van der Waals surface area contributed by atoms with Gasteiger partial charge in [-0.15, -0.1) is 13.2 Å². The molecule has 0 radical (unpaired) electrons. The van der Waals surface area contributed by atoms with Crippen LogP contribution in [0.2, 0.25) is 0 Å². The first-order valence-corrected chi connectivity index (χ1v) is 7.03. The predicted molar refractivity (Wildman–Crippen MR) is 83.1 cm³/mol. The maximum Gasteiger partial charge on any atom is 0.573 e. The van der Waals surface area contributed by atoms with Crippen molar-refractivity contribution in [2.24, 2.45) is 5.73 Å². The third kappa shape index (κ3) is 3.46. The highest BCUT2D eigenvalue weighted by atomic mass is 19.4. The van der Waals surface area contributed by atoms with Crippen molar-refractivity contribution in [2.45, 2.75) is 12.4 Å². The van der Waals surface area contributed by atoms with E-state index in [0.717, 1.165) is 21.9 Å². The lowest BCUT2D eigenvalue weighted by Gasteiger charge is -2.16. The summed E-state index contributed by atoms with van der Waals surface area (Å²) in [5.41, 5.74) is 7.94.